The number of ether oxygens (including phenoxy) is 1. The molecule has 3 N–H and O–H groups in total. The van der Waals surface area contributed by atoms with E-state index in [1.807, 2.05) is 0 Å². The summed E-state index contributed by atoms with van der Waals surface area (Å²) < 4.78 is 5.63. The van der Waals surface area contributed by atoms with E-state index in [4.69, 9.17) is 10.5 Å². The molecule has 0 aromatic carbocycles. The maximum atomic E-state index is 12.0. The molecule has 122 valence electrons. The van der Waals surface area contributed by atoms with Gasteiger partial charge in [-0.25, -0.2) is 0 Å². The molecule has 0 radical (unpaired) electrons. The fourth-order valence-corrected chi connectivity index (χ4v) is 3.62. The quantitative estimate of drug-likeness (QED) is 0.767. The number of nitrogens with two attached hydrogens (primary N) is 1. The van der Waals surface area contributed by atoms with Crippen LogP contribution in [0.5, 0.6) is 0 Å². The molecule has 4 nitrogen and oxygen atoms in total. The van der Waals surface area contributed by atoms with Crippen molar-refractivity contribution >= 4 is 5.91 Å². The van der Waals surface area contributed by atoms with E-state index in [0.29, 0.717) is 12.6 Å². The summed E-state index contributed by atoms with van der Waals surface area (Å²) in [5.41, 5.74) is 6.18. The van der Waals surface area contributed by atoms with E-state index in [9.17, 15) is 4.79 Å². The molecule has 2 fully saturated rings. The SMILES string of the molecule is NC1(COCC(=O)NC2CCCCCC2)CCCCCC1. The fourth-order valence-electron chi connectivity index (χ4n) is 3.62. The Hall–Kier alpha value is -0.610. The number of carbonyl (C=O) groups is 1. The summed E-state index contributed by atoms with van der Waals surface area (Å²) in [7, 11) is 0. The molecule has 0 spiro atoms. The highest BCUT2D eigenvalue weighted by molar-refractivity contribution is 5.77. The Balaban J connectivity index is 1.63. The van der Waals surface area contributed by atoms with E-state index >= 15 is 0 Å². The van der Waals surface area contributed by atoms with Crippen LogP contribution in [0.3, 0.4) is 0 Å². The Morgan fingerprint density at radius 3 is 2.19 bits per heavy atom. The van der Waals surface area contributed by atoms with E-state index in [2.05, 4.69) is 5.32 Å². The smallest absolute Gasteiger partial charge is 0.246 e. The van der Waals surface area contributed by atoms with Gasteiger partial charge in [0.15, 0.2) is 0 Å². The largest absolute Gasteiger partial charge is 0.370 e. The van der Waals surface area contributed by atoms with Gasteiger partial charge in [0.25, 0.3) is 0 Å². The van der Waals surface area contributed by atoms with Crippen molar-refractivity contribution in [2.24, 2.45) is 5.73 Å². The molecular formula is C17H32N2O2. The topological polar surface area (TPSA) is 64.3 Å². The molecular weight excluding hydrogens is 264 g/mol. The Bertz CT molecular complexity index is 304. The molecule has 0 saturated heterocycles. The molecule has 0 unspecified atom stereocenters. The Labute approximate surface area is 129 Å². The monoisotopic (exact) mass is 296 g/mol. The summed E-state index contributed by atoms with van der Waals surface area (Å²) in [5, 5.41) is 3.12. The lowest BCUT2D eigenvalue weighted by Gasteiger charge is -2.27. The highest BCUT2D eigenvalue weighted by Gasteiger charge is 2.26. The van der Waals surface area contributed by atoms with Crippen LogP contribution in [0.25, 0.3) is 0 Å². The van der Waals surface area contributed by atoms with Crippen LogP contribution in [0.15, 0.2) is 0 Å². The van der Waals surface area contributed by atoms with Crippen molar-refractivity contribution in [2.45, 2.75) is 88.6 Å². The van der Waals surface area contributed by atoms with Crippen LogP contribution in [-0.4, -0.2) is 30.7 Å². The van der Waals surface area contributed by atoms with Crippen molar-refractivity contribution in [1.82, 2.24) is 5.32 Å². The molecule has 0 atom stereocenters. The molecule has 0 heterocycles. The van der Waals surface area contributed by atoms with Crippen LogP contribution in [0.2, 0.25) is 0 Å². The van der Waals surface area contributed by atoms with Crippen molar-refractivity contribution < 1.29 is 9.53 Å². The third-order valence-electron chi connectivity index (χ3n) is 4.94. The number of carbonyl (C=O) groups excluding carboxylic acids is 1. The molecule has 2 saturated carbocycles. The van der Waals surface area contributed by atoms with Crippen molar-refractivity contribution in [2.75, 3.05) is 13.2 Å². The maximum Gasteiger partial charge on any atom is 0.246 e. The zero-order valence-corrected chi connectivity index (χ0v) is 13.4. The normalized spacial score (nSPS) is 24.0. The molecule has 4 heteroatoms. The molecule has 0 aromatic heterocycles. The lowest BCUT2D eigenvalue weighted by Crippen LogP contribution is -2.45. The zero-order valence-electron chi connectivity index (χ0n) is 13.4. The molecule has 0 aromatic rings. The summed E-state index contributed by atoms with van der Waals surface area (Å²) in [6.45, 7) is 0.681. The standard InChI is InChI=1S/C17H32N2O2/c18-17(11-7-3-4-8-12-17)14-21-13-16(20)19-15-9-5-1-2-6-10-15/h15H,1-14,18H2,(H,19,20). The molecule has 0 aliphatic heterocycles. The first-order valence-electron chi connectivity index (χ1n) is 8.84. The van der Waals surface area contributed by atoms with Gasteiger partial charge < -0.3 is 15.8 Å². The van der Waals surface area contributed by atoms with Crippen molar-refractivity contribution in [3.8, 4) is 0 Å². The average Bonchev–Trinajstić information content (AvgIpc) is 2.82. The zero-order chi connectivity index (χ0) is 15.0. The summed E-state index contributed by atoms with van der Waals surface area (Å²) in [6, 6.07) is 0.355. The van der Waals surface area contributed by atoms with E-state index in [1.165, 1.54) is 51.4 Å². The van der Waals surface area contributed by atoms with E-state index in [-0.39, 0.29) is 18.1 Å². The summed E-state index contributed by atoms with van der Waals surface area (Å²) >= 11 is 0. The third kappa shape index (κ3) is 6.35. The summed E-state index contributed by atoms with van der Waals surface area (Å²) in [5.74, 6) is 0.0270. The molecule has 21 heavy (non-hydrogen) atoms. The fraction of sp³-hybridized carbons (Fsp3) is 0.941. The van der Waals surface area contributed by atoms with Crippen LogP contribution >= 0.6 is 0 Å². The second-order valence-electron chi connectivity index (χ2n) is 7.03. The van der Waals surface area contributed by atoms with Gasteiger partial charge in [-0.2, -0.15) is 0 Å². The Kier molecular flexibility index (Phi) is 6.97. The van der Waals surface area contributed by atoms with Crippen LogP contribution < -0.4 is 11.1 Å². The van der Waals surface area contributed by atoms with Crippen molar-refractivity contribution in [1.29, 1.82) is 0 Å². The van der Waals surface area contributed by atoms with E-state index in [0.717, 1.165) is 25.7 Å². The van der Waals surface area contributed by atoms with E-state index < -0.39 is 0 Å². The Morgan fingerprint density at radius 2 is 1.57 bits per heavy atom. The van der Waals surface area contributed by atoms with Gasteiger partial charge in [0.1, 0.15) is 6.61 Å². The predicted octanol–water partition coefficient (Wildman–Crippen LogP) is 2.89. The summed E-state index contributed by atoms with van der Waals surface area (Å²) in [6.07, 6.45) is 14.3. The third-order valence-corrected chi connectivity index (χ3v) is 4.94. The number of rotatable bonds is 5. The number of amides is 1. The van der Waals surface area contributed by atoms with Crippen LogP contribution in [-0.2, 0) is 9.53 Å². The van der Waals surface area contributed by atoms with Gasteiger partial charge in [-0.05, 0) is 25.7 Å². The minimum absolute atomic E-state index is 0.0270. The molecule has 2 aliphatic rings. The lowest BCUT2D eigenvalue weighted by molar-refractivity contribution is -0.127. The Morgan fingerprint density at radius 1 is 1.00 bits per heavy atom. The highest BCUT2D eigenvalue weighted by atomic mass is 16.5. The first-order valence-corrected chi connectivity index (χ1v) is 8.84. The second kappa shape index (κ2) is 8.74. The van der Waals surface area contributed by atoms with Gasteiger partial charge in [-0.3, -0.25) is 4.79 Å². The predicted molar refractivity (Wildman–Crippen MR) is 85.1 cm³/mol. The number of nitrogens with one attached hydrogen (secondary N) is 1. The van der Waals surface area contributed by atoms with Crippen LogP contribution in [0.1, 0.15) is 77.0 Å². The minimum atomic E-state index is -0.209. The first-order chi connectivity index (χ1) is 10.2. The van der Waals surface area contributed by atoms with Gasteiger partial charge in [-0.15, -0.1) is 0 Å². The van der Waals surface area contributed by atoms with E-state index in [1.54, 1.807) is 0 Å². The van der Waals surface area contributed by atoms with Gasteiger partial charge in [0.05, 0.1) is 6.61 Å². The van der Waals surface area contributed by atoms with Gasteiger partial charge in [0, 0.05) is 11.6 Å². The van der Waals surface area contributed by atoms with Gasteiger partial charge >= 0.3 is 0 Å². The molecule has 2 rings (SSSR count). The van der Waals surface area contributed by atoms with Crippen LogP contribution in [0, 0.1) is 0 Å². The van der Waals surface area contributed by atoms with Crippen LogP contribution in [0.4, 0.5) is 0 Å². The van der Waals surface area contributed by atoms with Crippen molar-refractivity contribution in [3.05, 3.63) is 0 Å². The molecule has 2 aliphatic carbocycles. The highest BCUT2D eigenvalue weighted by Crippen LogP contribution is 2.25. The summed E-state index contributed by atoms with van der Waals surface area (Å²) in [4.78, 5) is 12.0. The lowest BCUT2D eigenvalue weighted by atomic mass is 9.93. The number of hydrogen-bond donors (Lipinski definition) is 2. The maximum absolute atomic E-state index is 12.0. The number of hydrogen-bond acceptors (Lipinski definition) is 3. The minimum Gasteiger partial charge on any atom is -0.370 e. The molecule has 0 bridgehead atoms. The first kappa shape index (κ1) is 16.8. The second-order valence-corrected chi connectivity index (χ2v) is 7.03. The molecule has 1 amide bonds. The average molecular weight is 296 g/mol. The van der Waals surface area contributed by atoms with Gasteiger partial charge in [-0.1, -0.05) is 51.4 Å². The van der Waals surface area contributed by atoms with Crippen molar-refractivity contribution in [3.63, 3.8) is 0 Å². The van der Waals surface area contributed by atoms with Gasteiger partial charge in [0.2, 0.25) is 5.91 Å².